The Bertz CT molecular complexity index is 473. The van der Waals surface area contributed by atoms with Crippen LogP contribution in [-0.4, -0.2) is 41.7 Å². The van der Waals surface area contributed by atoms with Gasteiger partial charge in [0.25, 0.3) is 0 Å². The average Bonchev–Trinajstić information content (AvgIpc) is 3.30. The number of piperidine rings is 1. The topological polar surface area (TPSA) is 52.6 Å². The summed E-state index contributed by atoms with van der Waals surface area (Å²) < 4.78 is 0. The number of likely N-dealkylation sites (tertiary alicyclic amines) is 1. The molecular formula is C17H24N2O2. The van der Waals surface area contributed by atoms with Gasteiger partial charge in [-0.15, -0.1) is 0 Å². The van der Waals surface area contributed by atoms with Crippen molar-refractivity contribution in [3.05, 3.63) is 35.9 Å². The van der Waals surface area contributed by atoms with Crippen molar-refractivity contribution in [3.63, 3.8) is 0 Å². The molecule has 1 aromatic carbocycles. The van der Waals surface area contributed by atoms with E-state index in [1.165, 1.54) is 18.4 Å². The maximum atomic E-state index is 12.3. The highest BCUT2D eigenvalue weighted by Crippen LogP contribution is 2.40. The van der Waals surface area contributed by atoms with Crippen molar-refractivity contribution in [1.29, 1.82) is 0 Å². The van der Waals surface area contributed by atoms with Crippen LogP contribution in [0.5, 0.6) is 0 Å². The van der Waals surface area contributed by atoms with E-state index in [9.17, 15) is 9.90 Å². The number of benzene rings is 1. The molecule has 2 N–H and O–H groups in total. The molecule has 0 aromatic heterocycles. The molecule has 2 unspecified atom stereocenters. The summed E-state index contributed by atoms with van der Waals surface area (Å²) in [6, 6.07) is 10.4. The normalized spacial score (nSPS) is 24.5. The van der Waals surface area contributed by atoms with Gasteiger partial charge in [0, 0.05) is 6.54 Å². The Balaban J connectivity index is 1.57. The zero-order chi connectivity index (χ0) is 14.7. The van der Waals surface area contributed by atoms with Crippen molar-refractivity contribution < 1.29 is 9.90 Å². The highest BCUT2D eigenvalue weighted by atomic mass is 16.3. The number of nitrogens with zero attached hydrogens (tertiary/aromatic N) is 1. The number of rotatable bonds is 5. The van der Waals surface area contributed by atoms with Crippen molar-refractivity contribution in [2.24, 2.45) is 5.92 Å². The standard InChI is InChI=1S/C17H24N2O2/c20-15-7-4-10-19(11-15)12-16(21)18-17(14-8-9-14)13-5-2-1-3-6-13/h1-3,5-6,14-15,17,20H,4,7-12H2,(H,18,21). The van der Waals surface area contributed by atoms with Crippen LogP contribution >= 0.6 is 0 Å². The number of carbonyl (C=O) groups excluding carboxylic acids is 1. The monoisotopic (exact) mass is 288 g/mol. The second-order valence-electron chi connectivity index (χ2n) is 6.32. The lowest BCUT2D eigenvalue weighted by Crippen LogP contribution is -2.45. The van der Waals surface area contributed by atoms with E-state index in [0.29, 0.717) is 19.0 Å². The number of carbonyl (C=O) groups is 1. The number of nitrogens with one attached hydrogen (secondary N) is 1. The van der Waals surface area contributed by atoms with Gasteiger partial charge in [0.1, 0.15) is 0 Å². The van der Waals surface area contributed by atoms with Gasteiger partial charge in [0.2, 0.25) is 5.91 Å². The first kappa shape index (κ1) is 14.5. The fraction of sp³-hybridized carbons (Fsp3) is 0.588. The molecular weight excluding hydrogens is 264 g/mol. The Morgan fingerprint density at radius 3 is 2.71 bits per heavy atom. The van der Waals surface area contributed by atoms with E-state index in [0.717, 1.165) is 19.4 Å². The first-order valence-corrected chi connectivity index (χ1v) is 7.97. The van der Waals surface area contributed by atoms with Crippen LogP contribution in [0.3, 0.4) is 0 Å². The molecule has 0 radical (unpaired) electrons. The van der Waals surface area contributed by atoms with Gasteiger partial charge in [-0.3, -0.25) is 9.69 Å². The van der Waals surface area contributed by atoms with Crippen molar-refractivity contribution in [2.75, 3.05) is 19.6 Å². The van der Waals surface area contributed by atoms with Gasteiger partial charge in [0.15, 0.2) is 0 Å². The highest BCUT2D eigenvalue weighted by molar-refractivity contribution is 5.78. The van der Waals surface area contributed by atoms with E-state index in [2.05, 4.69) is 22.3 Å². The molecule has 1 aromatic rings. The molecule has 1 aliphatic heterocycles. The maximum absolute atomic E-state index is 12.3. The highest BCUT2D eigenvalue weighted by Gasteiger charge is 2.33. The Morgan fingerprint density at radius 2 is 2.05 bits per heavy atom. The Kier molecular flexibility index (Phi) is 4.56. The van der Waals surface area contributed by atoms with E-state index < -0.39 is 0 Å². The zero-order valence-electron chi connectivity index (χ0n) is 12.4. The maximum Gasteiger partial charge on any atom is 0.234 e. The van der Waals surface area contributed by atoms with Crippen molar-refractivity contribution in [3.8, 4) is 0 Å². The molecule has 2 aliphatic rings. The van der Waals surface area contributed by atoms with Gasteiger partial charge >= 0.3 is 0 Å². The molecule has 0 bridgehead atoms. The van der Waals surface area contributed by atoms with Gasteiger partial charge in [0.05, 0.1) is 18.7 Å². The SMILES string of the molecule is O=C(CN1CCCC(O)C1)NC(c1ccccc1)C1CC1. The fourth-order valence-electron chi connectivity index (χ4n) is 3.16. The summed E-state index contributed by atoms with van der Waals surface area (Å²) in [6.07, 6.45) is 3.94. The minimum atomic E-state index is -0.278. The number of aliphatic hydroxyl groups excluding tert-OH is 1. The summed E-state index contributed by atoms with van der Waals surface area (Å²) in [5.74, 6) is 0.660. The second kappa shape index (κ2) is 6.58. The van der Waals surface area contributed by atoms with Gasteiger partial charge in [-0.1, -0.05) is 30.3 Å². The lowest BCUT2D eigenvalue weighted by molar-refractivity contribution is -0.123. The summed E-state index contributed by atoms with van der Waals surface area (Å²) in [6.45, 7) is 1.92. The van der Waals surface area contributed by atoms with Crippen molar-refractivity contribution in [2.45, 2.75) is 37.8 Å². The fourth-order valence-corrected chi connectivity index (χ4v) is 3.16. The van der Waals surface area contributed by atoms with E-state index >= 15 is 0 Å². The van der Waals surface area contributed by atoms with E-state index in [1.807, 2.05) is 18.2 Å². The quantitative estimate of drug-likeness (QED) is 0.867. The summed E-state index contributed by atoms with van der Waals surface area (Å²) in [7, 11) is 0. The summed E-state index contributed by atoms with van der Waals surface area (Å²) in [5, 5.41) is 12.9. The molecule has 2 atom stereocenters. The van der Waals surface area contributed by atoms with E-state index in [1.54, 1.807) is 0 Å². The molecule has 1 saturated heterocycles. The van der Waals surface area contributed by atoms with Crippen LogP contribution in [0.2, 0.25) is 0 Å². The lowest BCUT2D eigenvalue weighted by Gasteiger charge is -2.30. The number of β-amino-alcohol motifs (C(OH)–C–C–N with tert-alkyl or cyclic N) is 1. The van der Waals surface area contributed by atoms with Crippen LogP contribution in [0.25, 0.3) is 0 Å². The molecule has 1 amide bonds. The van der Waals surface area contributed by atoms with E-state index in [-0.39, 0.29) is 18.1 Å². The van der Waals surface area contributed by atoms with E-state index in [4.69, 9.17) is 0 Å². The molecule has 114 valence electrons. The van der Waals surface area contributed by atoms with Gasteiger partial charge in [-0.05, 0) is 43.7 Å². The largest absolute Gasteiger partial charge is 0.392 e. The molecule has 4 nitrogen and oxygen atoms in total. The number of hydrogen-bond acceptors (Lipinski definition) is 3. The molecule has 4 heteroatoms. The third-order valence-electron chi connectivity index (χ3n) is 4.42. The first-order chi connectivity index (χ1) is 10.2. The van der Waals surface area contributed by atoms with Crippen molar-refractivity contribution >= 4 is 5.91 Å². The minimum Gasteiger partial charge on any atom is -0.392 e. The predicted octanol–water partition coefficient (Wildman–Crippen LogP) is 1.71. The average molecular weight is 288 g/mol. The Hall–Kier alpha value is -1.39. The van der Waals surface area contributed by atoms with Crippen LogP contribution in [0.4, 0.5) is 0 Å². The molecule has 0 spiro atoms. The lowest BCUT2D eigenvalue weighted by atomic mass is 10.0. The van der Waals surface area contributed by atoms with Crippen LogP contribution < -0.4 is 5.32 Å². The van der Waals surface area contributed by atoms with Crippen molar-refractivity contribution in [1.82, 2.24) is 10.2 Å². The third kappa shape index (κ3) is 4.05. The van der Waals surface area contributed by atoms with Crippen LogP contribution in [0.15, 0.2) is 30.3 Å². The summed E-state index contributed by atoms with van der Waals surface area (Å²) in [4.78, 5) is 14.4. The first-order valence-electron chi connectivity index (χ1n) is 7.97. The smallest absolute Gasteiger partial charge is 0.234 e. The molecule has 21 heavy (non-hydrogen) atoms. The summed E-state index contributed by atoms with van der Waals surface area (Å²) >= 11 is 0. The summed E-state index contributed by atoms with van der Waals surface area (Å²) in [5.41, 5.74) is 1.20. The van der Waals surface area contributed by atoms with Gasteiger partial charge < -0.3 is 10.4 Å². The molecule has 1 saturated carbocycles. The molecule has 1 heterocycles. The number of amides is 1. The zero-order valence-corrected chi connectivity index (χ0v) is 12.4. The minimum absolute atomic E-state index is 0.0739. The number of hydrogen-bond donors (Lipinski definition) is 2. The predicted molar refractivity (Wildman–Crippen MR) is 81.7 cm³/mol. The Labute approximate surface area is 126 Å². The van der Waals surface area contributed by atoms with Crippen LogP contribution in [-0.2, 0) is 4.79 Å². The Morgan fingerprint density at radius 1 is 1.29 bits per heavy atom. The molecule has 1 aliphatic carbocycles. The van der Waals surface area contributed by atoms with Crippen LogP contribution in [0, 0.1) is 5.92 Å². The third-order valence-corrected chi connectivity index (χ3v) is 4.42. The second-order valence-corrected chi connectivity index (χ2v) is 6.32. The van der Waals surface area contributed by atoms with Gasteiger partial charge in [-0.25, -0.2) is 0 Å². The number of aliphatic hydroxyl groups is 1. The van der Waals surface area contributed by atoms with Gasteiger partial charge in [-0.2, -0.15) is 0 Å². The molecule has 3 rings (SSSR count). The van der Waals surface area contributed by atoms with Crippen LogP contribution in [0.1, 0.15) is 37.3 Å². The molecule has 2 fully saturated rings.